The Kier molecular flexibility index (Phi) is 48.2. The van der Waals surface area contributed by atoms with Crippen LogP contribution in [0.25, 0.3) is 0 Å². The third kappa shape index (κ3) is 50.8. The van der Waals surface area contributed by atoms with Crippen LogP contribution < -0.4 is 5.32 Å². The lowest BCUT2D eigenvalue weighted by Crippen LogP contribution is -2.46. The molecule has 0 spiro atoms. The number of phosphoric acid groups is 1. The first kappa shape index (κ1) is 65.0. The van der Waals surface area contributed by atoms with E-state index in [4.69, 9.17) is 9.05 Å². The summed E-state index contributed by atoms with van der Waals surface area (Å²) in [4.78, 5) is 23.3. The Morgan fingerprint density at radius 1 is 0.515 bits per heavy atom. The fourth-order valence-corrected chi connectivity index (χ4v) is 9.40. The first-order valence-corrected chi connectivity index (χ1v) is 30.2. The first-order valence-electron chi connectivity index (χ1n) is 28.7. The van der Waals surface area contributed by atoms with Gasteiger partial charge in [0.05, 0.1) is 39.9 Å². The monoisotopic (exact) mass is 954 g/mol. The van der Waals surface area contributed by atoms with Crippen molar-refractivity contribution in [1.82, 2.24) is 5.32 Å². The van der Waals surface area contributed by atoms with Crippen LogP contribution in [0, 0.1) is 0 Å². The molecular weight excluding hydrogens is 840 g/mol. The number of hydrogen-bond donors (Lipinski definition) is 3. The highest BCUT2D eigenvalue weighted by Crippen LogP contribution is 2.43. The van der Waals surface area contributed by atoms with Crippen LogP contribution in [0.4, 0.5) is 0 Å². The summed E-state index contributed by atoms with van der Waals surface area (Å²) in [5, 5.41) is 14.1. The average Bonchev–Trinajstić information content (AvgIpc) is 3.28. The van der Waals surface area contributed by atoms with Crippen LogP contribution in [0.5, 0.6) is 0 Å². The van der Waals surface area contributed by atoms with Gasteiger partial charge in [-0.1, -0.05) is 256 Å². The van der Waals surface area contributed by atoms with Crippen molar-refractivity contribution in [2.24, 2.45) is 0 Å². The summed E-state index contributed by atoms with van der Waals surface area (Å²) in [7, 11) is 1.63. The second kappa shape index (κ2) is 49.0. The number of amides is 1. The number of hydrogen-bond acceptors (Lipinski definition) is 5. The normalized spacial score (nSPS) is 14.1. The van der Waals surface area contributed by atoms with Crippen molar-refractivity contribution in [1.29, 1.82) is 0 Å². The Morgan fingerprint density at radius 2 is 0.864 bits per heavy atom. The smallest absolute Gasteiger partial charge is 0.391 e. The maximum Gasteiger partial charge on any atom is 0.472 e. The molecule has 0 rings (SSSR count). The van der Waals surface area contributed by atoms with Gasteiger partial charge in [0.15, 0.2) is 0 Å². The summed E-state index contributed by atoms with van der Waals surface area (Å²) in [5.74, 6) is -0.141. The van der Waals surface area contributed by atoms with Gasteiger partial charge >= 0.3 is 7.82 Å². The number of carbonyl (C=O) groups is 1. The molecule has 0 fully saturated rings. The first-order chi connectivity index (χ1) is 32.0. The van der Waals surface area contributed by atoms with E-state index in [0.29, 0.717) is 23.9 Å². The van der Waals surface area contributed by atoms with Crippen molar-refractivity contribution in [2.75, 3.05) is 40.9 Å². The van der Waals surface area contributed by atoms with Crippen LogP contribution in [-0.2, 0) is 18.4 Å². The Labute approximate surface area is 411 Å². The Balaban J connectivity index is 4.15. The Hall–Kier alpha value is -1.02. The molecule has 3 atom stereocenters. The highest BCUT2D eigenvalue weighted by molar-refractivity contribution is 7.47. The van der Waals surface area contributed by atoms with Crippen molar-refractivity contribution in [3.05, 3.63) is 24.3 Å². The summed E-state index contributed by atoms with van der Waals surface area (Å²) in [6, 6.07) is -0.759. The van der Waals surface area contributed by atoms with Gasteiger partial charge in [0.2, 0.25) is 5.91 Å². The van der Waals surface area contributed by atoms with Crippen molar-refractivity contribution >= 4 is 13.7 Å². The Bertz CT molecular complexity index is 1130. The largest absolute Gasteiger partial charge is 0.472 e. The zero-order chi connectivity index (χ0) is 48.5. The third-order valence-electron chi connectivity index (χ3n) is 13.2. The molecule has 0 aliphatic rings. The molecule has 0 radical (unpaired) electrons. The topological polar surface area (TPSA) is 105 Å². The van der Waals surface area contributed by atoms with Crippen LogP contribution >= 0.6 is 7.82 Å². The molecule has 0 saturated carbocycles. The molecule has 0 heterocycles. The molecule has 0 aromatic carbocycles. The number of allylic oxidation sites excluding steroid dienone is 4. The van der Waals surface area contributed by atoms with Gasteiger partial charge < -0.3 is 19.8 Å². The second-order valence-electron chi connectivity index (χ2n) is 21.0. The molecular formula is C57H114N2O6P+. The molecule has 0 saturated heterocycles. The molecule has 9 heteroatoms. The van der Waals surface area contributed by atoms with Gasteiger partial charge in [0.1, 0.15) is 13.2 Å². The van der Waals surface area contributed by atoms with Crippen molar-refractivity contribution < 1.29 is 32.9 Å². The number of phosphoric ester groups is 1. The summed E-state index contributed by atoms with van der Waals surface area (Å²) in [5.41, 5.74) is 0. The summed E-state index contributed by atoms with van der Waals surface area (Å²) in [6.07, 6.45) is 60.8. The van der Waals surface area contributed by atoms with Crippen molar-refractivity contribution in [3.8, 4) is 0 Å². The lowest BCUT2D eigenvalue weighted by molar-refractivity contribution is -0.870. The predicted octanol–water partition coefficient (Wildman–Crippen LogP) is 17.2. The van der Waals surface area contributed by atoms with Gasteiger partial charge in [-0.15, -0.1) is 0 Å². The zero-order valence-electron chi connectivity index (χ0n) is 44.7. The molecule has 3 unspecified atom stereocenters. The van der Waals surface area contributed by atoms with E-state index >= 15 is 0 Å². The van der Waals surface area contributed by atoms with Crippen LogP contribution in [0.3, 0.4) is 0 Å². The van der Waals surface area contributed by atoms with Gasteiger partial charge in [-0.05, 0) is 44.9 Å². The van der Waals surface area contributed by atoms with Crippen molar-refractivity contribution in [2.45, 2.75) is 296 Å². The molecule has 1 amide bonds. The van der Waals surface area contributed by atoms with E-state index in [0.717, 1.165) is 44.9 Å². The molecule has 392 valence electrons. The number of rotatable bonds is 53. The minimum atomic E-state index is -4.32. The van der Waals surface area contributed by atoms with E-state index in [-0.39, 0.29) is 19.1 Å². The van der Waals surface area contributed by atoms with Crippen LogP contribution in [0.2, 0.25) is 0 Å². The molecule has 8 nitrogen and oxygen atoms in total. The van der Waals surface area contributed by atoms with E-state index in [1.54, 1.807) is 0 Å². The molecule has 0 aromatic heterocycles. The minimum Gasteiger partial charge on any atom is -0.391 e. The van der Waals surface area contributed by atoms with Gasteiger partial charge in [-0.3, -0.25) is 13.8 Å². The number of nitrogens with one attached hydrogen (secondary N) is 1. The van der Waals surface area contributed by atoms with Gasteiger partial charge in [0, 0.05) is 6.42 Å². The fourth-order valence-electron chi connectivity index (χ4n) is 8.67. The SMILES string of the molecule is CCCCCCC/C=C\C/C=C\CCCCCCCCCCCCCCCC(=O)NC(COP(=O)(O)OCC[N+](C)(C)C)C(O)CCCCCCCCCCCCCCCCCCCCC. The summed E-state index contributed by atoms with van der Waals surface area (Å²) < 4.78 is 23.8. The average molecular weight is 955 g/mol. The maximum atomic E-state index is 13.0. The molecule has 0 aliphatic carbocycles. The number of aliphatic hydroxyl groups excluding tert-OH is 1. The van der Waals surface area contributed by atoms with E-state index in [1.807, 2.05) is 21.1 Å². The summed E-state index contributed by atoms with van der Waals surface area (Å²) in [6.45, 7) is 4.92. The molecule has 0 aliphatic heterocycles. The van der Waals surface area contributed by atoms with Crippen LogP contribution in [0.1, 0.15) is 284 Å². The number of unbranched alkanes of at least 4 members (excludes halogenated alkanes) is 36. The Morgan fingerprint density at radius 3 is 1.24 bits per heavy atom. The lowest BCUT2D eigenvalue weighted by atomic mass is 10.0. The number of aliphatic hydroxyl groups is 1. The zero-order valence-corrected chi connectivity index (χ0v) is 45.6. The number of nitrogens with zero attached hydrogens (tertiary/aromatic N) is 1. The number of likely N-dealkylation sites (N-methyl/N-ethyl adjacent to an activating group) is 1. The highest BCUT2D eigenvalue weighted by atomic mass is 31.2. The van der Waals surface area contributed by atoms with Crippen LogP contribution in [0.15, 0.2) is 24.3 Å². The quantitative estimate of drug-likeness (QED) is 0.0243. The van der Waals surface area contributed by atoms with E-state index in [2.05, 4.69) is 43.5 Å². The van der Waals surface area contributed by atoms with Gasteiger partial charge in [0.25, 0.3) is 0 Å². The molecule has 0 bridgehead atoms. The van der Waals surface area contributed by atoms with Gasteiger partial charge in [-0.2, -0.15) is 0 Å². The van der Waals surface area contributed by atoms with Crippen LogP contribution in [-0.4, -0.2) is 73.4 Å². The van der Waals surface area contributed by atoms with E-state index < -0.39 is 20.0 Å². The number of carbonyl (C=O) groups excluding carboxylic acids is 1. The van der Waals surface area contributed by atoms with E-state index in [9.17, 15) is 19.4 Å². The molecule has 0 aromatic rings. The second-order valence-corrected chi connectivity index (χ2v) is 22.5. The molecule has 66 heavy (non-hydrogen) atoms. The highest BCUT2D eigenvalue weighted by Gasteiger charge is 2.28. The molecule has 3 N–H and O–H groups in total. The van der Waals surface area contributed by atoms with E-state index in [1.165, 1.54) is 212 Å². The fraction of sp³-hybridized carbons (Fsp3) is 0.912. The standard InChI is InChI=1S/C57H113N2O6P/c1-6-8-10-12-14-16-18-20-22-24-26-27-28-29-30-31-33-35-37-39-41-43-45-47-49-51-57(61)58-55(54-65-66(62,63)64-53-52-59(3,4)5)56(60)50-48-46-44-42-40-38-36-34-32-25-23-21-19-17-15-13-11-9-7-2/h18,20,24,26,55-56,60H,6-17,19,21-23,25,27-54H2,1-5H3,(H-,58,61,62,63)/p+1/b20-18-,26-24-. The number of quaternary nitrogens is 1. The third-order valence-corrected chi connectivity index (χ3v) is 14.2. The maximum absolute atomic E-state index is 13.0. The van der Waals surface area contributed by atoms with Crippen molar-refractivity contribution in [3.63, 3.8) is 0 Å². The predicted molar refractivity (Wildman–Crippen MR) is 286 cm³/mol. The van der Waals surface area contributed by atoms with Gasteiger partial charge in [-0.25, -0.2) is 4.57 Å². The summed E-state index contributed by atoms with van der Waals surface area (Å²) >= 11 is 0. The lowest BCUT2D eigenvalue weighted by Gasteiger charge is -2.26. The minimum absolute atomic E-state index is 0.0762.